The lowest BCUT2D eigenvalue weighted by atomic mass is 10.1. The van der Waals surface area contributed by atoms with Gasteiger partial charge in [-0.05, 0) is 32.4 Å². The normalized spacial score (nSPS) is 14.1. The SMILES string of the molecule is CC(C)(C)NC(=O)C(N)=CC=NC/C(=C/F)CN. The van der Waals surface area contributed by atoms with Crippen LogP contribution < -0.4 is 16.8 Å². The largest absolute Gasteiger partial charge is 0.394 e. The Morgan fingerprint density at radius 1 is 1.44 bits per heavy atom. The Kier molecular flexibility index (Phi) is 6.89. The fraction of sp³-hybridized carbons (Fsp3) is 0.500. The summed E-state index contributed by atoms with van der Waals surface area (Å²) in [5, 5.41) is 2.71. The number of nitrogens with zero attached hydrogens (tertiary/aromatic N) is 1. The first kappa shape index (κ1) is 16.3. The van der Waals surface area contributed by atoms with Gasteiger partial charge in [0.15, 0.2) is 0 Å². The quantitative estimate of drug-likeness (QED) is 0.497. The van der Waals surface area contributed by atoms with Crippen LogP contribution in [0, 0.1) is 0 Å². The fourth-order valence-electron chi connectivity index (χ4n) is 0.935. The maximum Gasteiger partial charge on any atom is 0.267 e. The van der Waals surface area contributed by atoms with Crippen LogP contribution >= 0.6 is 0 Å². The van der Waals surface area contributed by atoms with E-state index in [4.69, 9.17) is 11.5 Å². The number of nitrogens with two attached hydrogens (primary N) is 2. The second-order valence-corrected chi connectivity index (χ2v) is 4.79. The summed E-state index contributed by atoms with van der Waals surface area (Å²) in [4.78, 5) is 15.4. The molecule has 0 aliphatic carbocycles. The van der Waals surface area contributed by atoms with E-state index in [1.165, 1.54) is 12.3 Å². The second kappa shape index (κ2) is 7.60. The van der Waals surface area contributed by atoms with Gasteiger partial charge in [-0.2, -0.15) is 0 Å². The first-order valence-corrected chi connectivity index (χ1v) is 5.56. The standard InChI is InChI=1S/C12H21FN4O/c1-12(2,3)17-11(18)10(15)4-5-16-8-9(6-13)7-14/h4-6H,7-8,14-15H2,1-3H3,(H,17,18)/b9-6+,10-4?,16-5?. The maximum atomic E-state index is 12.1. The van der Waals surface area contributed by atoms with Crippen LogP contribution in [0.25, 0.3) is 0 Å². The van der Waals surface area contributed by atoms with Gasteiger partial charge in [0, 0.05) is 18.3 Å². The van der Waals surface area contributed by atoms with E-state index in [1.807, 2.05) is 20.8 Å². The van der Waals surface area contributed by atoms with Crippen LogP contribution in [0.3, 0.4) is 0 Å². The van der Waals surface area contributed by atoms with E-state index in [0.717, 1.165) is 0 Å². The number of aliphatic imine (C=N–C) groups is 1. The summed E-state index contributed by atoms with van der Waals surface area (Å²) in [6, 6.07) is 0. The molecule has 0 atom stereocenters. The topological polar surface area (TPSA) is 93.5 Å². The van der Waals surface area contributed by atoms with Crippen molar-refractivity contribution in [3.8, 4) is 0 Å². The van der Waals surface area contributed by atoms with Crippen molar-refractivity contribution in [3.05, 3.63) is 23.7 Å². The van der Waals surface area contributed by atoms with Crippen LogP contribution in [0.2, 0.25) is 0 Å². The Hall–Kier alpha value is -1.69. The lowest BCUT2D eigenvalue weighted by Gasteiger charge is -2.20. The highest BCUT2D eigenvalue weighted by Crippen LogP contribution is 1.99. The van der Waals surface area contributed by atoms with E-state index in [-0.39, 0.29) is 30.2 Å². The Morgan fingerprint density at radius 2 is 2.06 bits per heavy atom. The fourth-order valence-corrected chi connectivity index (χ4v) is 0.935. The van der Waals surface area contributed by atoms with E-state index >= 15 is 0 Å². The summed E-state index contributed by atoms with van der Waals surface area (Å²) in [5.74, 6) is -0.367. The van der Waals surface area contributed by atoms with Gasteiger partial charge in [0.05, 0.1) is 18.6 Å². The number of amides is 1. The molecule has 1 amide bonds. The minimum Gasteiger partial charge on any atom is -0.394 e. The number of carbonyl (C=O) groups is 1. The van der Waals surface area contributed by atoms with E-state index in [2.05, 4.69) is 10.3 Å². The molecule has 0 heterocycles. The molecule has 0 fully saturated rings. The van der Waals surface area contributed by atoms with Gasteiger partial charge in [-0.25, -0.2) is 4.39 Å². The van der Waals surface area contributed by atoms with Crippen LogP contribution in [0.15, 0.2) is 28.7 Å². The lowest BCUT2D eigenvalue weighted by Crippen LogP contribution is -2.42. The Labute approximate surface area is 107 Å². The molecule has 0 aromatic heterocycles. The smallest absolute Gasteiger partial charge is 0.267 e. The molecule has 0 radical (unpaired) electrons. The van der Waals surface area contributed by atoms with Crippen molar-refractivity contribution in [3.63, 3.8) is 0 Å². The number of hydrogen-bond acceptors (Lipinski definition) is 4. The minimum atomic E-state index is -0.367. The van der Waals surface area contributed by atoms with Crippen LogP contribution in [0.5, 0.6) is 0 Å². The summed E-state index contributed by atoms with van der Waals surface area (Å²) < 4.78 is 12.1. The van der Waals surface area contributed by atoms with Gasteiger partial charge in [0.1, 0.15) is 0 Å². The summed E-state index contributed by atoms with van der Waals surface area (Å²) in [7, 11) is 0. The number of rotatable bonds is 5. The van der Waals surface area contributed by atoms with Crippen molar-refractivity contribution in [2.75, 3.05) is 13.1 Å². The zero-order valence-electron chi connectivity index (χ0n) is 11.0. The van der Waals surface area contributed by atoms with E-state index in [9.17, 15) is 9.18 Å². The number of nitrogens with one attached hydrogen (secondary N) is 1. The molecule has 0 rings (SSSR count). The Bertz CT molecular complexity index is 367. The highest BCUT2D eigenvalue weighted by molar-refractivity contribution is 5.96. The van der Waals surface area contributed by atoms with Crippen molar-refractivity contribution in [2.45, 2.75) is 26.3 Å². The van der Waals surface area contributed by atoms with E-state index in [0.29, 0.717) is 11.9 Å². The number of allylic oxidation sites excluding steroid dienone is 1. The van der Waals surface area contributed by atoms with Crippen LogP contribution in [-0.2, 0) is 4.79 Å². The molecule has 5 nitrogen and oxygen atoms in total. The van der Waals surface area contributed by atoms with E-state index in [1.54, 1.807) is 0 Å². The highest BCUT2D eigenvalue weighted by atomic mass is 19.1. The third kappa shape index (κ3) is 7.56. The van der Waals surface area contributed by atoms with Gasteiger partial charge < -0.3 is 16.8 Å². The van der Waals surface area contributed by atoms with Gasteiger partial charge >= 0.3 is 0 Å². The van der Waals surface area contributed by atoms with Crippen molar-refractivity contribution >= 4 is 12.1 Å². The third-order valence-electron chi connectivity index (χ3n) is 1.82. The average Bonchev–Trinajstić information content (AvgIpc) is 2.26. The summed E-state index contributed by atoms with van der Waals surface area (Å²) in [5.41, 5.74) is 10.9. The zero-order valence-corrected chi connectivity index (χ0v) is 11.0. The molecular weight excluding hydrogens is 235 g/mol. The van der Waals surface area contributed by atoms with Gasteiger partial charge in [0.25, 0.3) is 5.91 Å². The third-order valence-corrected chi connectivity index (χ3v) is 1.82. The summed E-state index contributed by atoms with van der Waals surface area (Å²) >= 11 is 0. The molecule has 0 aliphatic heterocycles. The predicted octanol–water partition coefficient (Wildman–Crippen LogP) is 0.627. The first-order valence-electron chi connectivity index (χ1n) is 5.56. The predicted molar refractivity (Wildman–Crippen MR) is 71.8 cm³/mol. The van der Waals surface area contributed by atoms with Crippen molar-refractivity contribution in [1.82, 2.24) is 5.32 Å². The molecule has 0 aromatic rings. The molecule has 0 aromatic carbocycles. The Balaban J connectivity index is 4.35. The first-order chi connectivity index (χ1) is 8.30. The lowest BCUT2D eigenvalue weighted by molar-refractivity contribution is -0.118. The number of halogens is 1. The molecule has 5 N–H and O–H groups in total. The van der Waals surface area contributed by atoms with E-state index < -0.39 is 0 Å². The van der Waals surface area contributed by atoms with Crippen molar-refractivity contribution < 1.29 is 9.18 Å². The average molecular weight is 256 g/mol. The minimum absolute atomic E-state index is 0.0483. The van der Waals surface area contributed by atoms with Crippen LogP contribution in [-0.4, -0.2) is 30.8 Å². The Morgan fingerprint density at radius 3 is 2.50 bits per heavy atom. The number of hydrogen-bond donors (Lipinski definition) is 3. The number of carbonyl (C=O) groups excluding carboxylic acids is 1. The van der Waals surface area contributed by atoms with Gasteiger partial charge in [-0.3, -0.25) is 9.79 Å². The highest BCUT2D eigenvalue weighted by Gasteiger charge is 2.14. The molecule has 18 heavy (non-hydrogen) atoms. The van der Waals surface area contributed by atoms with Crippen LogP contribution in [0.1, 0.15) is 20.8 Å². The maximum absolute atomic E-state index is 12.1. The summed E-state index contributed by atoms with van der Waals surface area (Å²) in [6.07, 6.45) is 3.15. The molecule has 0 saturated heterocycles. The zero-order chi connectivity index (χ0) is 14.2. The second-order valence-electron chi connectivity index (χ2n) is 4.79. The molecule has 0 bridgehead atoms. The van der Waals surface area contributed by atoms with Crippen LogP contribution in [0.4, 0.5) is 4.39 Å². The molecule has 0 aliphatic rings. The van der Waals surface area contributed by atoms with Gasteiger partial charge in [0.2, 0.25) is 0 Å². The molecule has 102 valence electrons. The van der Waals surface area contributed by atoms with Crippen molar-refractivity contribution in [1.29, 1.82) is 0 Å². The molecule has 0 unspecified atom stereocenters. The molecule has 0 saturated carbocycles. The molecule has 0 spiro atoms. The van der Waals surface area contributed by atoms with Crippen molar-refractivity contribution in [2.24, 2.45) is 16.5 Å². The monoisotopic (exact) mass is 256 g/mol. The van der Waals surface area contributed by atoms with Gasteiger partial charge in [-0.15, -0.1) is 0 Å². The van der Waals surface area contributed by atoms with Gasteiger partial charge in [-0.1, -0.05) is 0 Å². The molecule has 6 heteroatoms. The molecular formula is C12H21FN4O. The summed E-state index contributed by atoms with van der Waals surface area (Å²) in [6.45, 7) is 5.82.